The highest BCUT2D eigenvalue weighted by molar-refractivity contribution is 5.94. The molecule has 0 aromatic heterocycles. The van der Waals surface area contributed by atoms with Crippen LogP contribution in [0.25, 0.3) is 0 Å². The Labute approximate surface area is 166 Å². The van der Waals surface area contributed by atoms with Crippen molar-refractivity contribution in [3.05, 3.63) is 29.8 Å². The molecule has 3 rings (SSSR count). The zero-order valence-electron chi connectivity index (χ0n) is 16.3. The third-order valence-corrected chi connectivity index (χ3v) is 5.45. The summed E-state index contributed by atoms with van der Waals surface area (Å²) in [6.45, 7) is 3.27. The third kappa shape index (κ3) is 6.25. The van der Waals surface area contributed by atoms with Crippen LogP contribution in [0.2, 0.25) is 0 Å². The SMILES string of the molecule is O=C(O)CCC1CCN(C(=O)CCc2cccc(NC3=NCCCN3)c2)CC1. The first-order valence-electron chi connectivity index (χ1n) is 10.2. The number of likely N-dealkylation sites (tertiary alicyclic amines) is 1. The van der Waals surface area contributed by atoms with Crippen molar-refractivity contribution in [2.24, 2.45) is 10.9 Å². The number of nitrogens with zero attached hydrogens (tertiary/aromatic N) is 2. The summed E-state index contributed by atoms with van der Waals surface area (Å²) >= 11 is 0. The minimum atomic E-state index is -0.735. The number of nitrogens with one attached hydrogen (secondary N) is 2. The van der Waals surface area contributed by atoms with Crippen LogP contribution in [0.15, 0.2) is 29.3 Å². The quantitative estimate of drug-likeness (QED) is 0.669. The van der Waals surface area contributed by atoms with Gasteiger partial charge in [-0.3, -0.25) is 14.6 Å². The van der Waals surface area contributed by atoms with E-state index in [4.69, 9.17) is 5.11 Å². The molecule has 1 amide bonds. The van der Waals surface area contributed by atoms with Crippen molar-refractivity contribution < 1.29 is 14.7 Å². The second-order valence-electron chi connectivity index (χ2n) is 7.59. The largest absolute Gasteiger partial charge is 0.481 e. The molecule has 0 bridgehead atoms. The van der Waals surface area contributed by atoms with E-state index in [1.54, 1.807) is 0 Å². The average molecular weight is 386 g/mol. The second kappa shape index (κ2) is 10.1. The van der Waals surface area contributed by atoms with Crippen LogP contribution in [-0.4, -0.2) is 54.0 Å². The third-order valence-electron chi connectivity index (χ3n) is 5.45. The van der Waals surface area contributed by atoms with Crippen LogP contribution < -0.4 is 10.6 Å². The van der Waals surface area contributed by atoms with Crippen molar-refractivity contribution in [1.29, 1.82) is 0 Å². The zero-order valence-corrected chi connectivity index (χ0v) is 16.3. The first-order chi connectivity index (χ1) is 13.6. The van der Waals surface area contributed by atoms with Gasteiger partial charge in [0.1, 0.15) is 0 Å². The number of anilines is 1. The van der Waals surface area contributed by atoms with Gasteiger partial charge in [0, 0.05) is 44.7 Å². The first-order valence-corrected chi connectivity index (χ1v) is 10.2. The summed E-state index contributed by atoms with van der Waals surface area (Å²) in [5.41, 5.74) is 2.11. The number of amides is 1. The van der Waals surface area contributed by atoms with Crippen molar-refractivity contribution in [1.82, 2.24) is 10.2 Å². The number of carboxylic acids is 1. The maximum atomic E-state index is 12.5. The molecule has 0 unspecified atom stereocenters. The van der Waals surface area contributed by atoms with Gasteiger partial charge in [-0.2, -0.15) is 0 Å². The van der Waals surface area contributed by atoms with Gasteiger partial charge in [-0.25, -0.2) is 0 Å². The highest BCUT2D eigenvalue weighted by Gasteiger charge is 2.22. The predicted octanol–water partition coefficient (Wildman–Crippen LogP) is 2.48. The van der Waals surface area contributed by atoms with Gasteiger partial charge in [-0.15, -0.1) is 0 Å². The topological polar surface area (TPSA) is 94.0 Å². The van der Waals surface area contributed by atoms with Gasteiger partial charge in [-0.1, -0.05) is 12.1 Å². The Morgan fingerprint density at radius 1 is 1.25 bits per heavy atom. The molecule has 2 aliphatic rings. The van der Waals surface area contributed by atoms with E-state index in [9.17, 15) is 9.59 Å². The minimum absolute atomic E-state index is 0.188. The van der Waals surface area contributed by atoms with E-state index < -0.39 is 5.97 Å². The van der Waals surface area contributed by atoms with Crippen LogP contribution >= 0.6 is 0 Å². The summed E-state index contributed by atoms with van der Waals surface area (Å²) in [7, 11) is 0. The fourth-order valence-electron chi connectivity index (χ4n) is 3.77. The minimum Gasteiger partial charge on any atom is -0.481 e. The first kappa shape index (κ1) is 20.2. The predicted molar refractivity (Wildman–Crippen MR) is 109 cm³/mol. The van der Waals surface area contributed by atoms with E-state index in [2.05, 4.69) is 21.7 Å². The summed E-state index contributed by atoms with van der Waals surface area (Å²) in [4.78, 5) is 29.6. The standard InChI is InChI=1S/C21H30N4O3/c26-19(25-13-9-16(10-14-25)6-8-20(27)28)7-5-17-3-1-4-18(15-17)24-21-22-11-2-12-23-21/h1,3-4,15-16H,2,5-14H2,(H,27,28)(H2,22,23,24). The Morgan fingerprint density at radius 2 is 2.07 bits per heavy atom. The maximum absolute atomic E-state index is 12.5. The van der Waals surface area contributed by atoms with Gasteiger partial charge in [0.25, 0.3) is 0 Å². The van der Waals surface area contributed by atoms with Crippen molar-refractivity contribution in [2.45, 2.75) is 44.9 Å². The molecule has 152 valence electrons. The van der Waals surface area contributed by atoms with Crippen molar-refractivity contribution >= 4 is 23.5 Å². The molecule has 7 heteroatoms. The molecule has 3 N–H and O–H groups in total. The molecular weight excluding hydrogens is 356 g/mol. The van der Waals surface area contributed by atoms with Crippen LogP contribution in [0.4, 0.5) is 5.69 Å². The van der Waals surface area contributed by atoms with Gasteiger partial charge in [0.2, 0.25) is 5.91 Å². The Hall–Kier alpha value is -2.57. The summed E-state index contributed by atoms with van der Waals surface area (Å²) in [5.74, 6) is 0.694. The lowest BCUT2D eigenvalue weighted by Crippen LogP contribution is -2.38. The summed E-state index contributed by atoms with van der Waals surface area (Å²) < 4.78 is 0. The Morgan fingerprint density at radius 3 is 2.79 bits per heavy atom. The molecule has 2 aliphatic heterocycles. The molecule has 0 aliphatic carbocycles. The van der Waals surface area contributed by atoms with Gasteiger partial charge >= 0.3 is 5.97 Å². The molecule has 7 nitrogen and oxygen atoms in total. The molecule has 0 spiro atoms. The van der Waals surface area contributed by atoms with Crippen LogP contribution in [0.5, 0.6) is 0 Å². The van der Waals surface area contributed by atoms with E-state index in [1.807, 2.05) is 23.1 Å². The molecule has 1 aromatic rings. The number of aliphatic carboxylic acids is 1. The highest BCUT2D eigenvalue weighted by Crippen LogP contribution is 2.22. The lowest BCUT2D eigenvalue weighted by atomic mass is 9.92. The number of piperidine rings is 1. The molecule has 28 heavy (non-hydrogen) atoms. The number of carbonyl (C=O) groups is 2. The molecular formula is C21H30N4O3. The monoisotopic (exact) mass is 386 g/mol. The Balaban J connectivity index is 1.43. The van der Waals surface area contributed by atoms with Crippen LogP contribution in [0, 0.1) is 5.92 Å². The lowest BCUT2D eigenvalue weighted by Gasteiger charge is -2.32. The molecule has 0 atom stereocenters. The molecule has 0 radical (unpaired) electrons. The number of rotatable bonds is 7. The van der Waals surface area contributed by atoms with Gasteiger partial charge < -0.3 is 20.6 Å². The summed E-state index contributed by atoms with van der Waals surface area (Å²) in [6, 6.07) is 8.13. The number of aryl methyl sites for hydroxylation is 1. The van der Waals surface area contributed by atoms with E-state index in [-0.39, 0.29) is 12.3 Å². The van der Waals surface area contributed by atoms with Crippen molar-refractivity contribution in [3.8, 4) is 0 Å². The fourth-order valence-corrected chi connectivity index (χ4v) is 3.77. The number of hydrogen-bond acceptors (Lipinski definition) is 5. The fraction of sp³-hybridized carbons (Fsp3) is 0.571. The van der Waals surface area contributed by atoms with Crippen LogP contribution in [0.3, 0.4) is 0 Å². The van der Waals surface area contributed by atoms with Crippen molar-refractivity contribution in [3.63, 3.8) is 0 Å². The maximum Gasteiger partial charge on any atom is 0.303 e. The number of aliphatic imine (C=N–C) groups is 1. The van der Waals surface area contributed by atoms with E-state index in [0.29, 0.717) is 18.8 Å². The molecule has 0 saturated carbocycles. The number of hydrogen-bond donors (Lipinski definition) is 3. The molecule has 1 saturated heterocycles. The molecule has 1 aromatic carbocycles. The van der Waals surface area contributed by atoms with Gasteiger partial charge in [0.15, 0.2) is 5.96 Å². The Bertz CT molecular complexity index is 711. The van der Waals surface area contributed by atoms with Gasteiger partial charge in [0.05, 0.1) is 0 Å². The Kier molecular flexibility index (Phi) is 7.28. The highest BCUT2D eigenvalue weighted by atomic mass is 16.4. The van der Waals surface area contributed by atoms with E-state index in [1.165, 1.54) is 0 Å². The summed E-state index contributed by atoms with van der Waals surface area (Å²) in [5, 5.41) is 15.3. The molecule has 2 heterocycles. The second-order valence-corrected chi connectivity index (χ2v) is 7.59. The smallest absolute Gasteiger partial charge is 0.303 e. The van der Waals surface area contributed by atoms with E-state index >= 15 is 0 Å². The lowest BCUT2D eigenvalue weighted by molar-refractivity contribution is -0.138. The van der Waals surface area contributed by atoms with Gasteiger partial charge in [-0.05, 0) is 55.7 Å². The number of carboxylic acid groups (broad SMARTS) is 1. The summed E-state index contributed by atoms with van der Waals surface area (Å²) in [6.07, 6.45) is 5.04. The van der Waals surface area contributed by atoms with Crippen LogP contribution in [0.1, 0.15) is 44.1 Å². The average Bonchev–Trinajstić information content (AvgIpc) is 2.72. The normalized spacial score (nSPS) is 17.6. The van der Waals surface area contributed by atoms with E-state index in [0.717, 1.165) is 69.1 Å². The zero-order chi connectivity index (χ0) is 19.8. The van der Waals surface area contributed by atoms with Crippen LogP contribution in [-0.2, 0) is 16.0 Å². The molecule has 1 fully saturated rings. The number of carbonyl (C=O) groups excluding carboxylic acids is 1. The van der Waals surface area contributed by atoms with Crippen molar-refractivity contribution in [2.75, 3.05) is 31.5 Å². The number of guanidine groups is 1. The number of benzene rings is 1.